The quantitative estimate of drug-likeness (QED) is 0.610. The molecule has 0 aliphatic carbocycles. The van der Waals surface area contributed by atoms with Gasteiger partial charge in [0.15, 0.2) is 0 Å². The van der Waals surface area contributed by atoms with Gasteiger partial charge in [-0.25, -0.2) is 8.42 Å². The van der Waals surface area contributed by atoms with E-state index < -0.39 is 26.8 Å². The third kappa shape index (κ3) is 4.20. The van der Waals surface area contributed by atoms with Gasteiger partial charge in [0, 0.05) is 19.2 Å². The molecule has 2 aromatic carbocycles. The van der Waals surface area contributed by atoms with Crippen LogP contribution in [0, 0.1) is 23.0 Å². The lowest BCUT2D eigenvalue weighted by atomic mass is 9.98. The van der Waals surface area contributed by atoms with Crippen molar-refractivity contribution in [2.75, 3.05) is 18.4 Å². The molecular formula is C19H21N3O5S. The molecule has 28 heavy (non-hydrogen) atoms. The Hall–Kier alpha value is -2.78. The van der Waals surface area contributed by atoms with Crippen LogP contribution >= 0.6 is 0 Å². The third-order valence-electron chi connectivity index (χ3n) is 4.77. The van der Waals surface area contributed by atoms with Crippen molar-refractivity contribution in [1.82, 2.24) is 4.31 Å². The van der Waals surface area contributed by atoms with Crippen LogP contribution in [0.15, 0.2) is 53.4 Å². The number of nitro groups is 1. The first-order valence-electron chi connectivity index (χ1n) is 8.90. The molecule has 0 saturated carbocycles. The Kier molecular flexibility index (Phi) is 5.76. The van der Waals surface area contributed by atoms with E-state index in [2.05, 4.69) is 5.32 Å². The summed E-state index contributed by atoms with van der Waals surface area (Å²) in [5.41, 5.74) is 0.867. The SMILES string of the molecule is Cc1ccc(S(=O)(=O)N2CCC[C@H](C(=O)Nc3ccccc3[N+](=O)[O-])C2)cc1. The summed E-state index contributed by atoms with van der Waals surface area (Å²) in [5.74, 6) is -0.994. The molecule has 8 nitrogen and oxygen atoms in total. The average Bonchev–Trinajstić information content (AvgIpc) is 2.68. The molecule has 1 saturated heterocycles. The summed E-state index contributed by atoms with van der Waals surface area (Å²) in [6, 6.07) is 12.5. The summed E-state index contributed by atoms with van der Waals surface area (Å²) in [4.78, 5) is 23.4. The Bertz CT molecular complexity index is 989. The number of aryl methyl sites for hydroxylation is 1. The van der Waals surface area contributed by atoms with Crippen LogP contribution in [-0.4, -0.2) is 36.6 Å². The Morgan fingerprint density at radius 3 is 2.54 bits per heavy atom. The van der Waals surface area contributed by atoms with E-state index >= 15 is 0 Å². The second-order valence-corrected chi connectivity index (χ2v) is 8.72. The van der Waals surface area contributed by atoms with E-state index in [0.29, 0.717) is 19.4 Å². The Morgan fingerprint density at radius 1 is 1.18 bits per heavy atom. The number of sulfonamides is 1. The van der Waals surface area contributed by atoms with Crippen molar-refractivity contribution in [3.63, 3.8) is 0 Å². The molecule has 0 radical (unpaired) electrons. The van der Waals surface area contributed by atoms with Gasteiger partial charge >= 0.3 is 0 Å². The van der Waals surface area contributed by atoms with Crippen molar-refractivity contribution in [2.45, 2.75) is 24.7 Å². The Morgan fingerprint density at radius 2 is 1.86 bits per heavy atom. The highest BCUT2D eigenvalue weighted by molar-refractivity contribution is 7.89. The van der Waals surface area contributed by atoms with Crippen molar-refractivity contribution < 1.29 is 18.1 Å². The topological polar surface area (TPSA) is 110 Å². The average molecular weight is 403 g/mol. The van der Waals surface area contributed by atoms with Gasteiger partial charge in [-0.05, 0) is 38.0 Å². The molecule has 1 fully saturated rings. The molecule has 1 atom stereocenters. The van der Waals surface area contributed by atoms with Crippen LogP contribution in [0.25, 0.3) is 0 Å². The fourth-order valence-corrected chi connectivity index (χ4v) is 4.73. The molecule has 0 aromatic heterocycles. The van der Waals surface area contributed by atoms with Crippen molar-refractivity contribution in [3.8, 4) is 0 Å². The highest BCUT2D eigenvalue weighted by Gasteiger charge is 2.33. The molecule has 148 valence electrons. The number of benzene rings is 2. The number of rotatable bonds is 5. The normalized spacial score (nSPS) is 17.8. The number of amides is 1. The van der Waals surface area contributed by atoms with Crippen molar-refractivity contribution in [3.05, 3.63) is 64.2 Å². The zero-order valence-electron chi connectivity index (χ0n) is 15.4. The first kappa shape index (κ1) is 20.0. The lowest BCUT2D eigenvalue weighted by Crippen LogP contribution is -2.43. The molecule has 1 amide bonds. The summed E-state index contributed by atoms with van der Waals surface area (Å²) in [6.07, 6.45) is 1.06. The highest BCUT2D eigenvalue weighted by atomic mass is 32.2. The van der Waals surface area contributed by atoms with Crippen LogP contribution in [0.2, 0.25) is 0 Å². The fourth-order valence-electron chi connectivity index (χ4n) is 3.21. The lowest BCUT2D eigenvalue weighted by molar-refractivity contribution is -0.383. The zero-order chi connectivity index (χ0) is 20.3. The molecule has 1 aliphatic heterocycles. The van der Waals surface area contributed by atoms with E-state index in [-0.39, 0.29) is 22.8 Å². The summed E-state index contributed by atoms with van der Waals surface area (Å²) in [7, 11) is -3.69. The Labute approximate surface area is 163 Å². The maximum Gasteiger partial charge on any atom is 0.292 e. The van der Waals surface area contributed by atoms with Crippen LogP contribution in [0.3, 0.4) is 0 Å². The summed E-state index contributed by atoms with van der Waals surface area (Å²) in [5, 5.41) is 13.7. The van der Waals surface area contributed by atoms with E-state index in [1.165, 1.54) is 22.5 Å². The van der Waals surface area contributed by atoms with Gasteiger partial charge in [0.05, 0.1) is 15.7 Å². The molecular weight excluding hydrogens is 382 g/mol. The number of nitrogens with one attached hydrogen (secondary N) is 1. The fraction of sp³-hybridized carbons (Fsp3) is 0.316. The summed E-state index contributed by atoms with van der Waals surface area (Å²) >= 11 is 0. The number of piperidine rings is 1. The van der Waals surface area contributed by atoms with Gasteiger partial charge in [0.2, 0.25) is 15.9 Å². The smallest absolute Gasteiger partial charge is 0.292 e. The van der Waals surface area contributed by atoms with E-state index in [1.807, 2.05) is 6.92 Å². The van der Waals surface area contributed by atoms with Gasteiger partial charge in [0.1, 0.15) is 5.69 Å². The minimum absolute atomic E-state index is 0.0443. The van der Waals surface area contributed by atoms with Gasteiger partial charge in [-0.15, -0.1) is 0 Å². The molecule has 9 heteroatoms. The van der Waals surface area contributed by atoms with Gasteiger partial charge < -0.3 is 5.32 Å². The first-order valence-corrected chi connectivity index (χ1v) is 10.3. The lowest BCUT2D eigenvalue weighted by Gasteiger charge is -2.31. The third-order valence-corrected chi connectivity index (χ3v) is 6.65. The van der Waals surface area contributed by atoms with Crippen LogP contribution in [-0.2, 0) is 14.8 Å². The minimum atomic E-state index is -3.69. The van der Waals surface area contributed by atoms with Crippen LogP contribution in [0.4, 0.5) is 11.4 Å². The van der Waals surface area contributed by atoms with Crippen molar-refractivity contribution in [2.24, 2.45) is 5.92 Å². The van der Waals surface area contributed by atoms with E-state index in [4.69, 9.17) is 0 Å². The van der Waals surface area contributed by atoms with Crippen molar-refractivity contribution >= 4 is 27.3 Å². The number of anilines is 1. The predicted octanol–water partition coefficient (Wildman–Crippen LogP) is 2.94. The van der Waals surface area contributed by atoms with E-state index in [9.17, 15) is 23.3 Å². The molecule has 1 aliphatic rings. The van der Waals surface area contributed by atoms with Crippen LogP contribution in [0.5, 0.6) is 0 Å². The second kappa shape index (κ2) is 8.07. The number of hydrogen-bond acceptors (Lipinski definition) is 5. The summed E-state index contributed by atoms with van der Waals surface area (Å²) in [6.45, 7) is 2.26. The second-order valence-electron chi connectivity index (χ2n) is 6.78. The number of carbonyl (C=O) groups is 1. The van der Waals surface area contributed by atoms with Crippen LogP contribution in [0.1, 0.15) is 18.4 Å². The summed E-state index contributed by atoms with van der Waals surface area (Å²) < 4.78 is 27.1. The monoisotopic (exact) mass is 403 g/mol. The molecule has 1 heterocycles. The molecule has 2 aromatic rings. The number of hydrogen-bond donors (Lipinski definition) is 1. The first-order chi connectivity index (χ1) is 13.3. The number of nitrogens with zero attached hydrogens (tertiary/aromatic N) is 2. The largest absolute Gasteiger partial charge is 0.320 e. The number of nitro benzene ring substituents is 1. The van der Waals surface area contributed by atoms with Gasteiger partial charge in [-0.1, -0.05) is 29.8 Å². The molecule has 3 rings (SSSR count). The predicted molar refractivity (Wildman–Crippen MR) is 104 cm³/mol. The van der Waals surface area contributed by atoms with Crippen LogP contribution < -0.4 is 5.32 Å². The van der Waals surface area contributed by atoms with Gasteiger partial charge in [0.25, 0.3) is 5.69 Å². The minimum Gasteiger partial charge on any atom is -0.320 e. The van der Waals surface area contributed by atoms with E-state index in [1.54, 1.807) is 30.3 Å². The molecule has 0 unspecified atom stereocenters. The van der Waals surface area contributed by atoms with Gasteiger partial charge in [-0.3, -0.25) is 14.9 Å². The van der Waals surface area contributed by atoms with Crippen molar-refractivity contribution in [1.29, 1.82) is 0 Å². The number of carbonyl (C=O) groups excluding carboxylic acids is 1. The standard InChI is InChI=1S/C19H21N3O5S/c1-14-8-10-16(11-9-14)28(26,27)21-12-4-5-15(13-21)19(23)20-17-6-2-3-7-18(17)22(24)25/h2-3,6-11,15H,4-5,12-13H2,1H3,(H,20,23)/t15-/m0/s1. The molecule has 1 N–H and O–H groups in total. The Balaban J connectivity index is 1.75. The maximum atomic E-state index is 12.9. The molecule has 0 spiro atoms. The zero-order valence-corrected chi connectivity index (χ0v) is 16.2. The number of para-hydroxylation sites is 2. The van der Waals surface area contributed by atoms with Gasteiger partial charge in [-0.2, -0.15) is 4.31 Å². The highest BCUT2D eigenvalue weighted by Crippen LogP contribution is 2.27. The maximum absolute atomic E-state index is 12.9. The van der Waals surface area contributed by atoms with E-state index in [0.717, 1.165) is 5.56 Å². The molecule has 0 bridgehead atoms.